The quantitative estimate of drug-likeness (QED) is 0.502. The number of hydrogen-bond donors (Lipinski definition) is 2. The van der Waals surface area contributed by atoms with Crippen LogP contribution in [0.5, 0.6) is 0 Å². The van der Waals surface area contributed by atoms with Crippen molar-refractivity contribution in [3.63, 3.8) is 0 Å². The van der Waals surface area contributed by atoms with Gasteiger partial charge in [0.05, 0.1) is 12.2 Å². The summed E-state index contributed by atoms with van der Waals surface area (Å²) in [7, 11) is 0. The third-order valence-electron chi connectivity index (χ3n) is 6.16. The summed E-state index contributed by atoms with van der Waals surface area (Å²) in [6.45, 7) is 8.80. The van der Waals surface area contributed by atoms with Gasteiger partial charge in [0.25, 0.3) is 0 Å². The van der Waals surface area contributed by atoms with E-state index in [9.17, 15) is 10.2 Å². The summed E-state index contributed by atoms with van der Waals surface area (Å²) in [5.74, 6) is 0. The Morgan fingerprint density at radius 2 is 0.773 bits per heavy atom. The van der Waals surface area contributed by atoms with Gasteiger partial charge in [-0.25, -0.2) is 0 Å². The summed E-state index contributed by atoms with van der Waals surface area (Å²) >= 11 is 0. The molecule has 0 unspecified atom stereocenters. The largest absolute Gasteiger partial charge is 0.392 e. The Bertz CT molecular complexity index is 242. The Balaban J connectivity index is 2.91. The molecule has 2 nitrogen and oxygen atoms in total. The van der Waals surface area contributed by atoms with Crippen LogP contribution in [-0.4, -0.2) is 22.4 Å². The standard InChI is InChI=1S/C20H40O2/c1-5-9-13-19(14-10-6-2)17(21)20(18(19)22,15-11-7-3)16-12-8-4/h17-18,21-22H,5-16H2,1-4H3. The predicted molar refractivity (Wildman–Crippen MR) is 95.0 cm³/mol. The molecule has 1 rings (SSSR count). The molecule has 0 aromatic carbocycles. The van der Waals surface area contributed by atoms with Gasteiger partial charge in [-0.1, -0.05) is 79.1 Å². The van der Waals surface area contributed by atoms with E-state index in [1.807, 2.05) is 0 Å². The molecule has 0 aromatic heterocycles. The van der Waals surface area contributed by atoms with Crippen molar-refractivity contribution in [2.75, 3.05) is 0 Å². The molecule has 2 heteroatoms. The lowest BCUT2D eigenvalue weighted by molar-refractivity contribution is -0.290. The van der Waals surface area contributed by atoms with E-state index < -0.39 is 0 Å². The minimum atomic E-state index is -0.300. The molecule has 1 aliphatic rings. The van der Waals surface area contributed by atoms with Crippen LogP contribution >= 0.6 is 0 Å². The summed E-state index contributed by atoms with van der Waals surface area (Å²) in [6.07, 6.45) is 12.4. The molecule has 0 amide bonds. The summed E-state index contributed by atoms with van der Waals surface area (Å²) in [6, 6.07) is 0. The van der Waals surface area contributed by atoms with E-state index in [0.29, 0.717) is 0 Å². The maximum Gasteiger partial charge on any atom is 0.0702 e. The van der Waals surface area contributed by atoms with E-state index in [0.717, 1.165) is 77.0 Å². The van der Waals surface area contributed by atoms with Crippen LogP contribution in [-0.2, 0) is 0 Å². The fourth-order valence-electron chi connectivity index (χ4n) is 4.72. The molecule has 132 valence electrons. The third kappa shape index (κ3) is 3.70. The molecule has 0 aromatic rings. The zero-order chi connectivity index (χ0) is 16.6. The lowest BCUT2D eigenvalue weighted by Crippen LogP contribution is -2.72. The van der Waals surface area contributed by atoms with Gasteiger partial charge in [-0.2, -0.15) is 0 Å². The lowest BCUT2D eigenvalue weighted by Gasteiger charge is -2.66. The number of unbranched alkanes of at least 4 members (excludes halogenated alkanes) is 4. The predicted octanol–water partition coefficient (Wildman–Crippen LogP) is 5.46. The molecule has 1 aliphatic carbocycles. The first-order valence-electron chi connectivity index (χ1n) is 9.91. The van der Waals surface area contributed by atoms with Crippen LogP contribution in [0.4, 0.5) is 0 Å². The Labute approximate surface area is 138 Å². The Morgan fingerprint density at radius 3 is 0.955 bits per heavy atom. The fourth-order valence-corrected chi connectivity index (χ4v) is 4.72. The number of hydrogen-bond acceptors (Lipinski definition) is 2. The molecule has 0 spiro atoms. The molecule has 1 fully saturated rings. The second-order valence-electron chi connectivity index (χ2n) is 7.69. The molecule has 22 heavy (non-hydrogen) atoms. The second kappa shape index (κ2) is 9.27. The molecule has 0 bridgehead atoms. The number of aliphatic hydroxyl groups is 2. The topological polar surface area (TPSA) is 40.5 Å². The van der Waals surface area contributed by atoms with Gasteiger partial charge in [0.1, 0.15) is 0 Å². The second-order valence-corrected chi connectivity index (χ2v) is 7.69. The molecule has 0 atom stereocenters. The van der Waals surface area contributed by atoms with Crippen LogP contribution in [0.15, 0.2) is 0 Å². The van der Waals surface area contributed by atoms with Crippen LogP contribution in [0.25, 0.3) is 0 Å². The van der Waals surface area contributed by atoms with E-state index >= 15 is 0 Å². The highest BCUT2D eigenvalue weighted by molar-refractivity contribution is 5.17. The van der Waals surface area contributed by atoms with Crippen LogP contribution in [0.2, 0.25) is 0 Å². The first kappa shape index (κ1) is 20.0. The van der Waals surface area contributed by atoms with Crippen molar-refractivity contribution in [2.45, 2.75) is 117 Å². The zero-order valence-corrected chi connectivity index (χ0v) is 15.5. The summed E-state index contributed by atoms with van der Waals surface area (Å²) in [5.41, 5.74) is -0.430. The van der Waals surface area contributed by atoms with E-state index in [4.69, 9.17) is 0 Å². The fraction of sp³-hybridized carbons (Fsp3) is 1.00. The molecule has 0 radical (unpaired) electrons. The maximum absolute atomic E-state index is 11.2. The van der Waals surface area contributed by atoms with Gasteiger partial charge in [-0.3, -0.25) is 0 Å². The number of rotatable bonds is 12. The first-order valence-corrected chi connectivity index (χ1v) is 9.91. The van der Waals surface area contributed by atoms with Crippen LogP contribution < -0.4 is 0 Å². The summed E-state index contributed by atoms with van der Waals surface area (Å²) < 4.78 is 0. The summed E-state index contributed by atoms with van der Waals surface area (Å²) in [4.78, 5) is 0. The van der Waals surface area contributed by atoms with Gasteiger partial charge in [0.2, 0.25) is 0 Å². The van der Waals surface area contributed by atoms with Crippen molar-refractivity contribution in [1.82, 2.24) is 0 Å². The lowest BCUT2D eigenvalue weighted by atomic mass is 9.43. The molecule has 2 N–H and O–H groups in total. The van der Waals surface area contributed by atoms with Crippen molar-refractivity contribution >= 4 is 0 Å². The Hall–Kier alpha value is -0.0800. The van der Waals surface area contributed by atoms with Crippen LogP contribution in [0, 0.1) is 10.8 Å². The van der Waals surface area contributed by atoms with Gasteiger partial charge >= 0.3 is 0 Å². The van der Waals surface area contributed by atoms with Gasteiger partial charge in [-0.05, 0) is 25.7 Å². The van der Waals surface area contributed by atoms with Gasteiger partial charge in [0.15, 0.2) is 0 Å². The highest BCUT2D eigenvalue weighted by Crippen LogP contribution is 2.63. The highest BCUT2D eigenvalue weighted by atomic mass is 16.3. The van der Waals surface area contributed by atoms with E-state index in [-0.39, 0.29) is 23.0 Å². The van der Waals surface area contributed by atoms with Gasteiger partial charge in [0, 0.05) is 10.8 Å². The first-order chi connectivity index (χ1) is 10.6. The van der Waals surface area contributed by atoms with Crippen LogP contribution in [0.1, 0.15) is 105 Å². The smallest absolute Gasteiger partial charge is 0.0702 e. The average molecular weight is 313 g/mol. The van der Waals surface area contributed by atoms with E-state index in [1.165, 1.54) is 0 Å². The number of aliphatic hydroxyl groups excluding tert-OH is 2. The third-order valence-corrected chi connectivity index (χ3v) is 6.16. The Kier molecular flexibility index (Phi) is 8.42. The zero-order valence-electron chi connectivity index (χ0n) is 15.5. The van der Waals surface area contributed by atoms with Gasteiger partial charge in [-0.15, -0.1) is 0 Å². The van der Waals surface area contributed by atoms with Crippen molar-refractivity contribution < 1.29 is 10.2 Å². The monoisotopic (exact) mass is 312 g/mol. The molecule has 0 aliphatic heterocycles. The average Bonchev–Trinajstić information content (AvgIpc) is 2.55. The Morgan fingerprint density at radius 1 is 0.545 bits per heavy atom. The van der Waals surface area contributed by atoms with Crippen molar-refractivity contribution in [3.05, 3.63) is 0 Å². The molecular weight excluding hydrogens is 272 g/mol. The van der Waals surface area contributed by atoms with Gasteiger partial charge < -0.3 is 10.2 Å². The molecule has 0 heterocycles. The van der Waals surface area contributed by atoms with E-state index in [1.54, 1.807) is 0 Å². The SMILES string of the molecule is CCCCC1(CCCC)C(O)C(CCCC)(CCCC)C1O. The van der Waals surface area contributed by atoms with E-state index in [2.05, 4.69) is 27.7 Å². The molecular formula is C20H40O2. The van der Waals surface area contributed by atoms with Crippen molar-refractivity contribution in [1.29, 1.82) is 0 Å². The van der Waals surface area contributed by atoms with Crippen molar-refractivity contribution in [3.8, 4) is 0 Å². The normalized spacial score (nSPS) is 25.9. The van der Waals surface area contributed by atoms with Crippen molar-refractivity contribution in [2.24, 2.45) is 10.8 Å². The minimum Gasteiger partial charge on any atom is -0.392 e. The minimum absolute atomic E-state index is 0.215. The maximum atomic E-state index is 11.2. The summed E-state index contributed by atoms with van der Waals surface area (Å²) in [5, 5.41) is 22.4. The van der Waals surface area contributed by atoms with Crippen LogP contribution in [0.3, 0.4) is 0 Å². The molecule has 1 saturated carbocycles. The highest BCUT2D eigenvalue weighted by Gasteiger charge is 2.67. The molecule has 0 saturated heterocycles.